The second-order valence-electron chi connectivity index (χ2n) is 5.76. The zero-order valence-corrected chi connectivity index (χ0v) is 10.6. The Morgan fingerprint density at radius 2 is 1.62 bits per heavy atom. The summed E-state index contributed by atoms with van der Waals surface area (Å²) in [6.45, 7) is 3.86. The van der Waals surface area contributed by atoms with E-state index in [-0.39, 0.29) is 17.9 Å². The maximum atomic E-state index is 12.2. The molecule has 0 radical (unpaired) electrons. The Balaban J connectivity index is 1.98. The topological polar surface area (TPSA) is 46.3 Å². The second kappa shape index (κ2) is 4.36. The van der Waals surface area contributed by atoms with E-state index in [0.717, 1.165) is 11.8 Å². The summed E-state index contributed by atoms with van der Waals surface area (Å²) in [7, 11) is 1.97. The lowest BCUT2D eigenvalue weighted by molar-refractivity contribution is -0.137. The minimum absolute atomic E-state index is 0.0472. The molecule has 0 aromatic rings. The van der Waals surface area contributed by atoms with Crippen LogP contribution < -0.4 is 5.73 Å². The van der Waals surface area contributed by atoms with Gasteiger partial charge < -0.3 is 10.6 Å². The summed E-state index contributed by atoms with van der Waals surface area (Å²) in [6, 6.07) is 0.461. The molecule has 2 fully saturated rings. The Morgan fingerprint density at radius 3 is 1.94 bits per heavy atom. The van der Waals surface area contributed by atoms with Crippen molar-refractivity contribution >= 4 is 5.91 Å². The van der Waals surface area contributed by atoms with Crippen LogP contribution in [-0.2, 0) is 4.79 Å². The van der Waals surface area contributed by atoms with Gasteiger partial charge in [0, 0.05) is 19.1 Å². The largest absolute Gasteiger partial charge is 0.342 e. The molecular weight excluding hydrogens is 200 g/mol. The SMILES string of the molecule is CC(N)C(C)C(=O)N(C)C(C1CC1)C1CC1. The highest BCUT2D eigenvalue weighted by Crippen LogP contribution is 2.47. The molecule has 2 saturated carbocycles. The van der Waals surface area contributed by atoms with Crippen molar-refractivity contribution in [2.45, 2.75) is 51.6 Å². The third-order valence-electron chi connectivity index (χ3n) is 4.18. The molecule has 0 aromatic carbocycles. The Labute approximate surface area is 98.4 Å². The van der Waals surface area contributed by atoms with Gasteiger partial charge in [0.25, 0.3) is 0 Å². The van der Waals surface area contributed by atoms with Crippen LogP contribution in [0.3, 0.4) is 0 Å². The predicted molar refractivity (Wildman–Crippen MR) is 64.8 cm³/mol. The second-order valence-corrected chi connectivity index (χ2v) is 5.76. The van der Waals surface area contributed by atoms with Crippen LogP contribution in [0.4, 0.5) is 0 Å². The van der Waals surface area contributed by atoms with E-state index in [0.29, 0.717) is 6.04 Å². The fourth-order valence-electron chi connectivity index (χ4n) is 2.59. The fraction of sp³-hybridized carbons (Fsp3) is 0.923. The number of carbonyl (C=O) groups excluding carboxylic acids is 1. The molecule has 3 heteroatoms. The Hall–Kier alpha value is -0.570. The summed E-state index contributed by atoms with van der Waals surface area (Å²) >= 11 is 0. The lowest BCUT2D eigenvalue weighted by atomic mass is 9.99. The minimum atomic E-state index is -0.0509. The van der Waals surface area contributed by atoms with Crippen LogP contribution in [0.15, 0.2) is 0 Å². The van der Waals surface area contributed by atoms with Crippen LogP contribution in [0.5, 0.6) is 0 Å². The van der Waals surface area contributed by atoms with Crippen molar-refractivity contribution in [1.29, 1.82) is 0 Å². The third kappa shape index (κ3) is 2.40. The first-order valence-corrected chi connectivity index (χ1v) is 6.54. The normalized spacial score (nSPS) is 24.3. The third-order valence-corrected chi connectivity index (χ3v) is 4.18. The number of nitrogens with two attached hydrogens (primary N) is 1. The molecule has 2 N–H and O–H groups in total. The van der Waals surface area contributed by atoms with Crippen LogP contribution in [0.1, 0.15) is 39.5 Å². The van der Waals surface area contributed by atoms with Crippen molar-refractivity contribution in [3.63, 3.8) is 0 Å². The number of amides is 1. The van der Waals surface area contributed by atoms with Crippen LogP contribution >= 0.6 is 0 Å². The number of carbonyl (C=O) groups is 1. The summed E-state index contributed by atoms with van der Waals surface area (Å²) in [4.78, 5) is 14.2. The zero-order chi connectivity index (χ0) is 11.9. The molecule has 2 unspecified atom stereocenters. The quantitative estimate of drug-likeness (QED) is 0.771. The smallest absolute Gasteiger partial charge is 0.226 e. The van der Waals surface area contributed by atoms with Crippen LogP contribution in [-0.4, -0.2) is 29.9 Å². The fourth-order valence-corrected chi connectivity index (χ4v) is 2.59. The molecule has 2 rings (SSSR count). The summed E-state index contributed by atoms with van der Waals surface area (Å²) in [6.07, 6.45) is 5.24. The van der Waals surface area contributed by atoms with Crippen molar-refractivity contribution in [2.24, 2.45) is 23.5 Å². The maximum absolute atomic E-state index is 12.2. The van der Waals surface area contributed by atoms with Gasteiger partial charge in [-0.3, -0.25) is 4.79 Å². The highest BCUT2D eigenvalue weighted by molar-refractivity contribution is 5.79. The maximum Gasteiger partial charge on any atom is 0.226 e. The monoisotopic (exact) mass is 224 g/mol. The molecule has 16 heavy (non-hydrogen) atoms. The van der Waals surface area contributed by atoms with Crippen molar-refractivity contribution in [3.05, 3.63) is 0 Å². The van der Waals surface area contributed by atoms with E-state index >= 15 is 0 Å². The van der Waals surface area contributed by atoms with Crippen molar-refractivity contribution in [3.8, 4) is 0 Å². The van der Waals surface area contributed by atoms with Gasteiger partial charge in [-0.2, -0.15) is 0 Å². The van der Waals surface area contributed by atoms with Gasteiger partial charge in [0.05, 0.1) is 5.92 Å². The number of hydrogen-bond donors (Lipinski definition) is 1. The first-order valence-electron chi connectivity index (χ1n) is 6.54. The molecule has 0 aliphatic heterocycles. The number of hydrogen-bond acceptors (Lipinski definition) is 2. The molecular formula is C13H24N2O. The Bertz CT molecular complexity index is 257. The molecule has 0 saturated heterocycles. The predicted octanol–water partition coefficient (Wildman–Crippen LogP) is 1.62. The van der Waals surface area contributed by atoms with E-state index in [2.05, 4.69) is 0 Å². The Kier molecular flexibility index (Phi) is 3.24. The highest BCUT2D eigenvalue weighted by atomic mass is 16.2. The van der Waals surface area contributed by atoms with E-state index in [1.54, 1.807) is 0 Å². The van der Waals surface area contributed by atoms with Crippen molar-refractivity contribution in [1.82, 2.24) is 4.90 Å². The van der Waals surface area contributed by atoms with Gasteiger partial charge in [0.2, 0.25) is 5.91 Å². The van der Waals surface area contributed by atoms with Gasteiger partial charge in [0.1, 0.15) is 0 Å². The van der Waals surface area contributed by atoms with E-state index in [1.807, 2.05) is 25.8 Å². The zero-order valence-electron chi connectivity index (χ0n) is 10.6. The molecule has 2 atom stereocenters. The van der Waals surface area contributed by atoms with E-state index < -0.39 is 0 Å². The Morgan fingerprint density at radius 1 is 1.19 bits per heavy atom. The van der Waals surface area contributed by atoms with Gasteiger partial charge >= 0.3 is 0 Å². The van der Waals surface area contributed by atoms with E-state index in [4.69, 9.17) is 5.73 Å². The molecule has 92 valence electrons. The standard InChI is InChI=1S/C13H24N2O/c1-8(9(2)14)13(16)15(3)12(10-4-5-10)11-6-7-11/h8-12H,4-7,14H2,1-3H3. The van der Waals surface area contributed by atoms with Crippen molar-refractivity contribution in [2.75, 3.05) is 7.05 Å². The highest BCUT2D eigenvalue weighted by Gasteiger charge is 2.45. The lowest BCUT2D eigenvalue weighted by Gasteiger charge is -2.31. The first-order chi connectivity index (χ1) is 7.52. The molecule has 0 aromatic heterocycles. The van der Waals surface area contributed by atoms with Crippen LogP contribution in [0, 0.1) is 17.8 Å². The van der Waals surface area contributed by atoms with Gasteiger partial charge in [-0.05, 0) is 44.4 Å². The number of nitrogens with zero attached hydrogens (tertiary/aromatic N) is 1. The van der Waals surface area contributed by atoms with Gasteiger partial charge in [-0.25, -0.2) is 0 Å². The van der Waals surface area contributed by atoms with Crippen LogP contribution in [0.2, 0.25) is 0 Å². The molecule has 0 bridgehead atoms. The minimum Gasteiger partial charge on any atom is -0.342 e. The summed E-state index contributed by atoms with van der Waals surface area (Å²) in [5.41, 5.74) is 5.81. The molecule has 1 amide bonds. The van der Waals surface area contributed by atoms with Crippen molar-refractivity contribution < 1.29 is 4.79 Å². The molecule has 3 nitrogen and oxygen atoms in total. The van der Waals surface area contributed by atoms with Gasteiger partial charge in [-0.1, -0.05) is 6.92 Å². The first kappa shape index (κ1) is 11.9. The summed E-state index contributed by atoms with van der Waals surface area (Å²) < 4.78 is 0. The van der Waals surface area contributed by atoms with Crippen LogP contribution in [0.25, 0.3) is 0 Å². The van der Waals surface area contributed by atoms with Gasteiger partial charge in [0.15, 0.2) is 0 Å². The molecule has 0 spiro atoms. The lowest BCUT2D eigenvalue weighted by Crippen LogP contribution is -2.46. The average molecular weight is 224 g/mol. The van der Waals surface area contributed by atoms with Gasteiger partial charge in [-0.15, -0.1) is 0 Å². The summed E-state index contributed by atoms with van der Waals surface area (Å²) in [5, 5.41) is 0. The van der Waals surface area contributed by atoms with E-state index in [1.165, 1.54) is 25.7 Å². The van der Waals surface area contributed by atoms with E-state index in [9.17, 15) is 4.79 Å². The summed E-state index contributed by atoms with van der Waals surface area (Å²) in [5.74, 6) is 1.74. The molecule has 2 aliphatic rings. The molecule has 0 heterocycles. The average Bonchev–Trinajstić information content (AvgIpc) is 3.08. The molecule has 2 aliphatic carbocycles. The number of rotatable bonds is 5.